The smallest absolute Gasteiger partial charge is 0.410 e. The SMILES string of the molecule is CCOC(=O)COC(=O)N1CCN(C(=O)O)CC1. The van der Waals surface area contributed by atoms with Crippen molar-refractivity contribution in [3.63, 3.8) is 0 Å². The lowest BCUT2D eigenvalue weighted by Gasteiger charge is -2.32. The van der Waals surface area contributed by atoms with Gasteiger partial charge >= 0.3 is 18.2 Å². The van der Waals surface area contributed by atoms with Crippen LogP contribution in [-0.2, 0) is 14.3 Å². The van der Waals surface area contributed by atoms with Gasteiger partial charge in [0.2, 0.25) is 0 Å². The van der Waals surface area contributed by atoms with Crippen LogP contribution >= 0.6 is 0 Å². The van der Waals surface area contributed by atoms with Gasteiger partial charge in [-0.2, -0.15) is 0 Å². The largest absolute Gasteiger partial charge is 0.465 e. The number of hydrogen-bond acceptors (Lipinski definition) is 5. The zero-order valence-electron chi connectivity index (χ0n) is 10.1. The van der Waals surface area contributed by atoms with Gasteiger partial charge in [0.05, 0.1) is 6.61 Å². The number of piperazine rings is 1. The minimum Gasteiger partial charge on any atom is -0.465 e. The van der Waals surface area contributed by atoms with Crippen molar-refractivity contribution in [1.29, 1.82) is 0 Å². The summed E-state index contributed by atoms with van der Waals surface area (Å²) in [7, 11) is 0. The van der Waals surface area contributed by atoms with Crippen molar-refractivity contribution >= 4 is 18.2 Å². The molecular weight excluding hydrogens is 244 g/mol. The number of carbonyl (C=O) groups is 3. The van der Waals surface area contributed by atoms with Gasteiger partial charge in [0, 0.05) is 26.2 Å². The van der Waals surface area contributed by atoms with Crippen LogP contribution in [0.2, 0.25) is 0 Å². The minimum absolute atomic E-state index is 0.230. The lowest BCUT2D eigenvalue weighted by molar-refractivity contribution is -0.146. The maximum atomic E-state index is 11.5. The highest BCUT2D eigenvalue weighted by molar-refractivity contribution is 5.75. The van der Waals surface area contributed by atoms with Crippen molar-refractivity contribution in [3.8, 4) is 0 Å². The molecule has 8 nitrogen and oxygen atoms in total. The van der Waals surface area contributed by atoms with Gasteiger partial charge in [-0.05, 0) is 6.92 Å². The molecule has 0 bridgehead atoms. The van der Waals surface area contributed by atoms with Crippen molar-refractivity contribution < 1.29 is 29.0 Å². The zero-order valence-corrected chi connectivity index (χ0v) is 10.1. The summed E-state index contributed by atoms with van der Waals surface area (Å²) in [6.07, 6.45) is -1.64. The summed E-state index contributed by atoms with van der Waals surface area (Å²) >= 11 is 0. The van der Waals surface area contributed by atoms with Crippen molar-refractivity contribution in [1.82, 2.24) is 9.80 Å². The third kappa shape index (κ3) is 4.11. The molecule has 1 fully saturated rings. The third-order valence-electron chi connectivity index (χ3n) is 2.43. The molecule has 0 aromatic heterocycles. The Morgan fingerprint density at radius 2 is 1.61 bits per heavy atom. The topological polar surface area (TPSA) is 96.4 Å². The Morgan fingerprint density at radius 3 is 2.11 bits per heavy atom. The van der Waals surface area contributed by atoms with E-state index in [9.17, 15) is 14.4 Å². The molecule has 0 atom stereocenters. The van der Waals surface area contributed by atoms with Crippen molar-refractivity contribution in [3.05, 3.63) is 0 Å². The molecule has 1 aliphatic heterocycles. The van der Waals surface area contributed by atoms with Gasteiger partial charge in [-0.15, -0.1) is 0 Å². The van der Waals surface area contributed by atoms with Crippen molar-refractivity contribution in [2.75, 3.05) is 39.4 Å². The molecule has 0 aliphatic carbocycles. The molecule has 0 aromatic carbocycles. The van der Waals surface area contributed by atoms with Gasteiger partial charge in [-0.25, -0.2) is 14.4 Å². The Hall–Kier alpha value is -1.99. The van der Waals surface area contributed by atoms with Gasteiger partial charge in [0.1, 0.15) is 0 Å². The summed E-state index contributed by atoms with van der Waals surface area (Å²) in [4.78, 5) is 35.7. The summed E-state index contributed by atoms with van der Waals surface area (Å²) in [6, 6.07) is 0. The van der Waals surface area contributed by atoms with Crippen molar-refractivity contribution in [2.24, 2.45) is 0 Å². The third-order valence-corrected chi connectivity index (χ3v) is 2.43. The number of rotatable bonds is 3. The molecule has 2 amide bonds. The van der Waals surface area contributed by atoms with Crippen LogP contribution in [0.4, 0.5) is 9.59 Å². The lowest BCUT2D eigenvalue weighted by atomic mass is 10.3. The van der Waals surface area contributed by atoms with Gasteiger partial charge < -0.3 is 24.4 Å². The fourth-order valence-corrected chi connectivity index (χ4v) is 1.49. The molecule has 1 heterocycles. The van der Waals surface area contributed by atoms with Gasteiger partial charge in [-0.3, -0.25) is 0 Å². The number of esters is 1. The number of carbonyl (C=O) groups excluding carboxylic acids is 2. The maximum absolute atomic E-state index is 11.5. The molecule has 1 N–H and O–H groups in total. The molecule has 8 heteroatoms. The number of ether oxygens (including phenoxy) is 2. The van der Waals surface area contributed by atoms with Gasteiger partial charge in [0.15, 0.2) is 6.61 Å². The number of carboxylic acid groups (broad SMARTS) is 1. The predicted octanol–water partition coefficient (Wildman–Crippen LogP) is -0.0183. The first kappa shape index (κ1) is 14.1. The summed E-state index contributed by atoms with van der Waals surface area (Å²) in [5.41, 5.74) is 0. The van der Waals surface area contributed by atoms with E-state index in [-0.39, 0.29) is 32.8 Å². The zero-order chi connectivity index (χ0) is 13.5. The van der Waals surface area contributed by atoms with E-state index in [1.807, 2.05) is 0 Å². The first-order valence-corrected chi connectivity index (χ1v) is 5.59. The van der Waals surface area contributed by atoms with Crippen LogP contribution in [0.5, 0.6) is 0 Å². The number of amides is 2. The Bertz CT molecular complexity index is 324. The second-order valence-corrected chi connectivity index (χ2v) is 3.62. The summed E-state index contributed by atoms with van der Waals surface area (Å²) in [5, 5.41) is 8.73. The lowest BCUT2D eigenvalue weighted by Crippen LogP contribution is -2.50. The molecule has 18 heavy (non-hydrogen) atoms. The Kier molecular flexibility index (Phi) is 5.22. The summed E-state index contributed by atoms with van der Waals surface area (Å²) in [6.45, 7) is 2.46. The highest BCUT2D eigenvalue weighted by Gasteiger charge is 2.24. The fourth-order valence-electron chi connectivity index (χ4n) is 1.49. The second kappa shape index (κ2) is 6.67. The molecule has 0 spiro atoms. The molecule has 0 radical (unpaired) electrons. The van der Waals surface area contributed by atoms with Crippen LogP contribution in [0, 0.1) is 0 Å². The average molecular weight is 260 g/mol. The van der Waals surface area contributed by atoms with Gasteiger partial charge in [0.25, 0.3) is 0 Å². The minimum atomic E-state index is -1.01. The highest BCUT2D eigenvalue weighted by atomic mass is 16.6. The highest BCUT2D eigenvalue weighted by Crippen LogP contribution is 2.04. The van der Waals surface area contributed by atoms with Crippen LogP contribution in [0.1, 0.15) is 6.92 Å². The van der Waals surface area contributed by atoms with E-state index in [1.165, 1.54) is 9.80 Å². The monoisotopic (exact) mass is 260 g/mol. The van der Waals surface area contributed by atoms with Crippen LogP contribution in [-0.4, -0.2) is 72.5 Å². The Balaban J connectivity index is 2.28. The predicted molar refractivity (Wildman–Crippen MR) is 59.2 cm³/mol. The maximum Gasteiger partial charge on any atom is 0.410 e. The summed E-state index contributed by atoms with van der Waals surface area (Å²) in [5.74, 6) is -0.602. The molecule has 102 valence electrons. The normalized spacial score (nSPS) is 15.2. The number of hydrogen-bond donors (Lipinski definition) is 1. The fraction of sp³-hybridized carbons (Fsp3) is 0.700. The van der Waals surface area contributed by atoms with E-state index in [0.717, 1.165) is 0 Å². The summed E-state index contributed by atoms with van der Waals surface area (Å²) < 4.78 is 9.35. The first-order chi connectivity index (χ1) is 8.54. The molecule has 0 saturated carbocycles. The van der Waals surface area contributed by atoms with E-state index < -0.39 is 24.8 Å². The van der Waals surface area contributed by atoms with Crippen molar-refractivity contribution in [2.45, 2.75) is 6.92 Å². The van der Waals surface area contributed by atoms with E-state index in [0.29, 0.717) is 0 Å². The standard InChI is InChI=1S/C10H16N2O6/c1-2-17-8(13)7-18-10(16)12-5-3-11(4-6-12)9(14)15/h2-7H2,1H3,(H,14,15). The number of nitrogens with zero attached hydrogens (tertiary/aromatic N) is 2. The molecule has 0 aromatic rings. The first-order valence-electron chi connectivity index (χ1n) is 5.59. The molecule has 1 aliphatic rings. The van der Waals surface area contributed by atoms with Crippen LogP contribution in [0.3, 0.4) is 0 Å². The van der Waals surface area contributed by atoms with E-state index in [4.69, 9.17) is 9.84 Å². The van der Waals surface area contributed by atoms with E-state index in [1.54, 1.807) is 6.92 Å². The van der Waals surface area contributed by atoms with E-state index >= 15 is 0 Å². The van der Waals surface area contributed by atoms with Gasteiger partial charge in [-0.1, -0.05) is 0 Å². The Labute approximate surface area is 104 Å². The molecule has 1 saturated heterocycles. The molecule has 1 rings (SSSR count). The van der Waals surface area contributed by atoms with Crippen LogP contribution in [0.25, 0.3) is 0 Å². The second-order valence-electron chi connectivity index (χ2n) is 3.62. The Morgan fingerprint density at radius 1 is 1.06 bits per heavy atom. The molecular formula is C10H16N2O6. The molecule has 0 unspecified atom stereocenters. The average Bonchev–Trinajstić information content (AvgIpc) is 2.36. The van der Waals surface area contributed by atoms with Crippen LogP contribution < -0.4 is 0 Å². The van der Waals surface area contributed by atoms with E-state index in [2.05, 4.69) is 4.74 Å². The van der Waals surface area contributed by atoms with Crippen LogP contribution in [0.15, 0.2) is 0 Å². The quantitative estimate of drug-likeness (QED) is 0.716.